The second-order valence-electron chi connectivity index (χ2n) is 6.33. The van der Waals surface area contributed by atoms with Gasteiger partial charge in [0.25, 0.3) is 0 Å². The standard InChI is InChI=1S/C18H32N2O5/c1-13(9-7-11-19(5)6)17(23)25-18(24)14(2)10-8-12-20(15(3)21)16(4)22/h9-10,15-16,21-22H,7-8,11-12H2,1-6H3. The first kappa shape index (κ1) is 23.5. The molecule has 7 heteroatoms. The summed E-state index contributed by atoms with van der Waals surface area (Å²) in [6.07, 6.45) is 2.92. The lowest BCUT2D eigenvalue weighted by Gasteiger charge is -2.27. The van der Waals surface area contributed by atoms with Crippen molar-refractivity contribution >= 4 is 11.9 Å². The van der Waals surface area contributed by atoms with Gasteiger partial charge in [-0.3, -0.25) is 4.90 Å². The normalized spacial score (nSPS) is 15.4. The third-order valence-electron chi connectivity index (χ3n) is 3.65. The maximum absolute atomic E-state index is 11.9. The molecule has 0 aromatic heterocycles. The smallest absolute Gasteiger partial charge is 0.341 e. The van der Waals surface area contributed by atoms with Gasteiger partial charge in [-0.25, -0.2) is 9.59 Å². The highest BCUT2D eigenvalue weighted by molar-refractivity contribution is 6.01. The van der Waals surface area contributed by atoms with E-state index in [-0.39, 0.29) is 0 Å². The van der Waals surface area contributed by atoms with Gasteiger partial charge in [-0.15, -0.1) is 0 Å². The van der Waals surface area contributed by atoms with Crippen LogP contribution in [-0.4, -0.2) is 71.6 Å². The SMILES string of the molecule is CC(=CCCN(C)C)C(=O)OC(=O)C(C)=CCCN(C(C)O)C(C)O. The van der Waals surface area contributed by atoms with E-state index in [2.05, 4.69) is 0 Å². The van der Waals surface area contributed by atoms with Crippen molar-refractivity contribution in [2.75, 3.05) is 27.2 Å². The summed E-state index contributed by atoms with van der Waals surface area (Å²) in [6, 6.07) is 0. The van der Waals surface area contributed by atoms with Gasteiger partial charge in [-0.05, 0) is 54.6 Å². The number of aliphatic hydroxyl groups is 2. The predicted molar refractivity (Wildman–Crippen MR) is 96.5 cm³/mol. The van der Waals surface area contributed by atoms with Crippen molar-refractivity contribution in [1.82, 2.24) is 9.80 Å². The Hall–Kier alpha value is -1.54. The molecule has 0 bridgehead atoms. The Labute approximate surface area is 150 Å². The minimum atomic E-state index is -0.794. The van der Waals surface area contributed by atoms with Gasteiger partial charge < -0.3 is 19.8 Å². The van der Waals surface area contributed by atoms with Crippen LogP contribution >= 0.6 is 0 Å². The van der Waals surface area contributed by atoms with Crippen LogP contribution in [0.4, 0.5) is 0 Å². The van der Waals surface area contributed by atoms with Crippen LogP contribution in [0.3, 0.4) is 0 Å². The molecule has 0 aliphatic carbocycles. The van der Waals surface area contributed by atoms with Crippen molar-refractivity contribution < 1.29 is 24.5 Å². The van der Waals surface area contributed by atoms with E-state index in [1.54, 1.807) is 39.8 Å². The second-order valence-corrected chi connectivity index (χ2v) is 6.33. The Morgan fingerprint density at radius 1 is 0.920 bits per heavy atom. The minimum absolute atomic E-state index is 0.311. The topological polar surface area (TPSA) is 90.3 Å². The lowest BCUT2D eigenvalue weighted by atomic mass is 10.2. The maximum atomic E-state index is 11.9. The number of hydrogen-bond acceptors (Lipinski definition) is 7. The molecule has 0 aromatic carbocycles. The molecule has 0 rings (SSSR count). The fraction of sp³-hybridized carbons (Fsp3) is 0.667. The number of rotatable bonds is 10. The molecule has 0 fully saturated rings. The molecule has 0 spiro atoms. The van der Waals surface area contributed by atoms with E-state index < -0.39 is 24.4 Å². The van der Waals surface area contributed by atoms with Gasteiger partial charge in [-0.2, -0.15) is 0 Å². The summed E-state index contributed by atoms with van der Waals surface area (Å²) >= 11 is 0. The lowest BCUT2D eigenvalue weighted by Crippen LogP contribution is -2.40. The van der Waals surface area contributed by atoms with E-state index in [4.69, 9.17) is 4.74 Å². The van der Waals surface area contributed by atoms with Gasteiger partial charge in [0, 0.05) is 24.2 Å². The van der Waals surface area contributed by atoms with Crippen LogP contribution in [0.2, 0.25) is 0 Å². The van der Waals surface area contributed by atoms with Crippen LogP contribution in [-0.2, 0) is 14.3 Å². The van der Waals surface area contributed by atoms with Crippen molar-refractivity contribution in [2.24, 2.45) is 0 Å². The fourth-order valence-electron chi connectivity index (χ4n) is 2.07. The largest absolute Gasteiger partial charge is 0.386 e. The molecule has 0 aliphatic rings. The molecule has 2 N–H and O–H groups in total. The number of nitrogens with zero attached hydrogens (tertiary/aromatic N) is 2. The van der Waals surface area contributed by atoms with E-state index in [1.807, 2.05) is 19.0 Å². The number of ether oxygens (including phenoxy) is 1. The summed E-state index contributed by atoms with van der Waals surface area (Å²) < 4.78 is 4.84. The Morgan fingerprint density at radius 2 is 1.32 bits per heavy atom. The number of carbonyl (C=O) groups excluding carboxylic acids is 2. The molecular weight excluding hydrogens is 324 g/mol. The van der Waals surface area contributed by atoms with Crippen LogP contribution < -0.4 is 0 Å². The first-order valence-electron chi connectivity index (χ1n) is 8.42. The zero-order valence-corrected chi connectivity index (χ0v) is 16.2. The zero-order chi connectivity index (χ0) is 19.6. The first-order chi connectivity index (χ1) is 11.6. The van der Waals surface area contributed by atoms with Gasteiger partial charge >= 0.3 is 11.9 Å². The molecule has 0 saturated carbocycles. The van der Waals surface area contributed by atoms with E-state index in [1.165, 1.54) is 4.90 Å². The maximum Gasteiger partial charge on any atom is 0.341 e. The number of esters is 2. The molecular formula is C18H32N2O5. The first-order valence-corrected chi connectivity index (χ1v) is 8.42. The van der Waals surface area contributed by atoms with E-state index in [0.717, 1.165) is 6.54 Å². The molecule has 25 heavy (non-hydrogen) atoms. The molecule has 2 atom stereocenters. The third-order valence-corrected chi connectivity index (χ3v) is 3.65. The van der Waals surface area contributed by atoms with Gasteiger partial charge in [-0.1, -0.05) is 12.2 Å². The Morgan fingerprint density at radius 3 is 1.68 bits per heavy atom. The van der Waals surface area contributed by atoms with Crippen molar-refractivity contribution in [2.45, 2.75) is 53.0 Å². The molecule has 0 aromatic rings. The highest BCUT2D eigenvalue weighted by Crippen LogP contribution is 2.07. The molecule has 0 radical (unpaired) electrons. The highest BCUT2D eigenvalue weighted by atomic mass is 16.6. The molecule has 0 saturated heterocycles. The van der Waals surface area contributed by atoms with Crippen LogP contribution in [0.1, 0.15) is 40.5 Å². The lowest BCUT2D eigenvalue weighted by molar-refractivity contribution is -0.153. The summed E-state index contributed by atoms with van der Waals surface area (Å²) in [7, 11) is 3.88. The van der Waals surface area contributed by atoms with Crippen molar-refractivity contribution in [3.05, 3.63) is 23.3 Å². The van der Waals surface area contributed by atoms with Crippen molar-refractivity contribution in [1.29, 1.82) is 0 Å². The monoisotopic (exact) mass is 356 g/mol. The third kappa shape index (κ3) is 10.1. The fourth-order valence-corrected chi connectivity index (χ4v) is 2.07. The Balaban J connectivity index is 4.51. The quantitative estimate of drug-likeness (QED) is 0.264. The van der Waals surface area contributed by atoms with Crippen LogP contribution in [0.15, 0.2) is 23.3 Å². The minimum Gasteiger partial charge on any atom is -0.386 e. The number of carbonyl (C=O) groups is 2. The van der Waals surface area contributed by atoms with Gasteiger partial charge in [0.2, 0.25) is 0 Å². The van der Waals surface area contributed by atoms with Crippen LogP contribution in [0.25, 0.3) is 0 Å². The molecule has 0 aliphatic heterocycles. The van der Waals surface area contributed by atoms with Crippen molar-refractivity contribution in [3.63, 3.8) is 0 Å². The molecule has 0 heterocycles. The summed E-state index contributed by atoms with van der Waals surface area (Å²) in [5.74, 6) is -1.34. The summed E-state index contributed by atoms with van der Waals surface area (Å²) in [5, 5.41) is 19.1. The summed E-state index contributed by atoms with van der Waals surface area (Å²) in [6.45, 7) is 7.48. The predicted octanol–water partition coefficient (Wildman–Crippen LogP) is 1.27. The molecule has 2 unspecified atom stereocenters. The number of hydrogen-bond donors (Lipinski definition) is 2. The van der Waals surface area contributed by atoms with Gasteiger partial charge in [0.15, 0.2) is 0 Å². The molecule has 144 valence electrons. The summed E-state index contributed by atoms with van der Waals surface area (Å²) in [4.78, 5) is 27.3. The Kier molecular flexibility index (Phi) is 11.2. The Bertz CT molecular complexity index is 488. The number of aliphatic hydroxyl groups excluding tert-OH is 2. The zero-order valence-electron chi connectivity index (χ0n) is 16.2. The molecule has 0 amide bonds. The average Bonchev–Trinajstić information content (AvgIpc) is 2.49. The van der Waals surface area contributed by atoms with Crippen LogP contribution in [0, 0.1) is 0 Å². The van der Waals surface area contributed by atoms with E-state index in [9.17, 15) is 19.8 Å². The van der Waals surface area contributed by atoms with E-state index >= 15 is 0 Å². The van der Waals surface area contributed by atoms with E-state index in [0.29, 0.717) is 30.5 Å². The average molecular weight is 356 g/mol. The van der Waals surface area contributed by atoms with Crippen LogP contribution in [0.5, 0.6) is 0 Å². The summed E-state index contributed by atoms with van der Waals surface area (Å²) in [5.41, 5.74) is 0.711. The van der Waals surface area contributed by atoms with Crippen molar-refractivity contribution in [3.8, 4) is 0 Å². The second kappa shape index (κ2) is 11.9. The van der Waals surface area contributed by atoms with Gasteiger partial charge in [0.05, 0.1) is 0 Å². The molecule has 7 nitrogen and oxygen atoms in total. The van der Waals surface area contributed by atoms with Gasteiger partial charge in [0.1, 0.15) is 12.5 Å². The highest BCUT2D eigenvalue weighted by Gasteiger charge is 2.16.